The maximum atomic E-state index is 11.4. The van der Waals surface area contributed by atoms with E-state index >= 15 is 0 Å². The zero-order valence-corrected chi connectivity index (χ0v) is 17.4. The Balaban J connectivity index is 1.96. The van der Waals surface area contributed by atoms with Crippen molar-refractivity contribution in [1.29, 1.82) is 0 Å². The molecule has 0 atom stereocenters. The van der Waals surface area contributed by atoms with E-state index in [0.717, 1.165) is 10.0 Å². The maximum Gasteiger partial charge on any atom is 0.308 e. The van der Waals surface area contributed by atoms with Crippen LogP contribution in [0.3, 0.4) is 0 Å². The van der Waals surface area contributed by atoms with Gasteiger partial charge in [0.1, 0.15) is 5.75 Å². The first-order chi connectivity index (χ1) is 13.6. The van der Waals surface area contributed by atoms with Gasteiger partial charge in [0.15, 0.2) is 0 Å². The zero-order chi connectivity index (χ0) is 19.3. The Bertz CT molecular complexity index is 1380. The molecule has 5 rings (SSSR count). The van der Waals surface area contributed by atoms with Crippen molar-refractivity contribution < 1.29 is 9.53 Å². The summed E-state index contributed by atoms with van der Waals surface area (Å²) in [7, 11) is 0. The van der Waals surface area contributed by atoms with E-state index in [4.69, 9.17) is 4.74 Å². The van der Waals surface area contributed by atoms with E-state index in [9.17, 15) is 4.79 Å². The van der Waals surface area contributed by atoms with Gasteiger partial charge in [-0.15, -0.1) is 11.3 Å². The lowest BCUT2D eigenvalue weighted by Gasteiger charge is -2.13. The summed E-state index contributed by atoms with van der Waals surface area (Å²) < 4.78 is 8.96. The molecular weight excluding hydrogens is 432 g/mol. The summed E-state index contributed by atoms with van der Waals surface area (Å²) >= 11 is 5.65. The van der Waals surface area contributed by atoms with Crippen LogP contribution in [0.25, 0.3) is 42.1 Å². The minimum absolute atomic E-state index is 0.316. The SMILES string of the molecule is CC(=O)Oc1cccc(-c2c3ccccc3c(Br)c3sc4ccccc4c23)c1. The van der Waals surface area contributed by atoms with E-state index in [1.807, 2.05) is 18.2 Å². The number of thiophene rings is 1. The lowest BCUT2D eigenvalue weighted by molar-refractivity contribution is -0.131. The first-order valence-corrected chi connectivity index (χ1v) is 10.5. The Hall–Kier alpha value is -2.69. The highest BCUT2D eigenvalue weighted by atomic mass is 79.9. The first kappa shape index (κ1) is 17.4. The number of benzene rings is 4. The average Bonchev–Trinajstić information content (AvgIpc) is 3.08. The molecule has 0 bridgehead atoms. The van der Waals surface area contributed by atoms with Gasteiger partial charge in [-0.2, -0.15) is 0 Å². The fourth-order valence-corrected chi connectivity index (χ4v) is 5.73. The monoisotopic (exact) mass is 446 g/mol. The number of hydrogen-bond donors (Lipinski definition) is 0. The van der Waals surface area contributed by atoms with Crippen molar-refractivity contribution in [1.82, 2.24) is 0 Å². The van der Waals surface area contributed by atoms with Crippen molar-refractivity contribution in [2.75, 3.05) is 0 Å². The highest BCUT2D eigenvalue weighted by Gasteiger charge is 2.18. The van der Waals surface area contributed by atoms with Gasteiger partial charge in [0.05, 0.1) is 4.70 Å². The van der Waals surface area contributed by atoms with Crippen LogP contribution in [0.5, 0.6) is 5.75 Å². The quantitative estimate of drug-likeness (QED) is 0.206. The Morgan fingerprint density at radius 3 is 2.39 bits per heavy atom. The second-order valence-corrected chi connectivity index (χ2v) is 8.50. The van der Waals surface area contributed by atoms with Crippen LogP contribution in [-0.4, -0.2) is 5.97 Å². The zero-order valence-electron chi connectivity index (χ0n) is 15.0. The van der Waals surface area contributed by atoms with Crippen molar-refractivity contribution in [3.8, 4) is 16.9 Å². The molecule has 4 aromatic carbocycles. The van der Waals surface area contributed by atoms with E-state index in [-0.39, 0.29) is 5.97 Å². The number of halogens is 1. The third kappa shape index (κ3) is 2.72. The normalized spacial score (nSPS) is 11.4. The molecule has 2 nitrogen and oxygen atoms in total. The minimum atomic E-state index is -0.316. The number of ether oxygens (including phenoxy) is 1. The van der Waals surface area contributed by atoms with E-state index in [0.29, 0.717) is 5.75 Å². The fourth-order valence-electron chi connectivity index (χ4n) is 3.78. The number of hydrogen-bond acceptors (Lipinski definition) is 3. The molecule has 5 aromatic rings. The lowest BCUT2D eigenvalue weighted by atomic mass is 9.93. The average molecular weight is 447 g/mol. The Morgan fingerprint density at radius 2 is 1.61 bits per heavy atom. The molecule has 0 saturated heterocycles. The summed E-state index contributed by atoms with van der Waals surface area (Å²) in [5.41, 5.74) is 2.20. The van der Waals surface area contributed by atoms with Crippen molar-refractivity contribution in [3.63, 3.8) is 0 Å². The van der Waals surface area contributed by atoms with Crippen molar-refractivity contribution in [2.45, 2.75) is 6.92 Å². The molecule has 1 heterocycles. The molecule has 0 aliphatic rings. The van der Waals surface area contributed by atoms with Crippen LogP contribution >= 0.6 is 27.3 Å². The smallest absolute Gasteiger partial charge is 0.308 e. The summed E-state index contributed by atoms with van der Waals surface area (Å²) in [5, 5.41) is 4.81. The van der Waals surface area contributed by atoms with Crippen molar-refractivity contribution in [2.24, 2.45) is 0 Å². The molecule has 0 fully saturated rings. The fraction of sp³-hybridized carbons (Fsp3) is 0.0417. The summed E-state index contributed by atoms with van der Waals surface area (Å²) in [5.74, 6) is 0.244. The summed E-state index contributed by atoms with van der Waals surface area (Å²) in [6.07, 6.45) is 0. The van der Waals surface area contributed by atoms with Gasteiger partial charge in [-0.05, 0) is 56.0 Å². The van der Waals surface area contributed by atoms with Crippen LogP contribution in [0, 0.1) is 0 Å². The van der Waals surface area contributed by atoms with Crippen LogP contribution in [0.15, 0.2) is 77.3 Å². The summed E-state index contributed by atoms with van der Waals surface area (Å²) in [6.45, 7) is 1.42. The van der Waals surface area contributed by atoms with Gasteiger partial charge in [0, 0.05) is 26.9 Å². The van der Waals surface area contributed by atoms with Gasteiger partial charge in [-0.3, -0.25) is 4.79 Å². The van der Waals surface area contributed by atoms with E-state index in [1.54, 1.807) is 11.3 Å². The van der Waals surface area contributed by atoms with Crippen LogP contribution in [0.4, 0.5) is 0 Å². The number of carbonyl (C=O) groups is 1. The van der Waals surface area contributed by atoms with Gasteiger partial charge >= 0.3 is 5.97 Å². The van der Waals surface area contributed by atoms with Crippen LogP contribution < -0.4 is 4.74 Å². The van der Waals surface area contributed by atoms with Gasteiger partial charge in [-0.1, -0.05) is 54.6 Å². The Morgan fingerprint density at radius 1 is 0.893 bits per heavy atom. The topological polar surface area (TPSA) is 26.3 Å². The molecule has 0 spiro atoms. The third-order valence-electron chi connectivity index (χ3n) is 4.86. The van der Waals surface area contributed by atoms with Crippen LogP contribution in [-0.2, 0) is 4.79 Å². The van der Waals surface area contributed by atoms with E-state index < -0.39 is 0 Å². The minimum Gasteiger partial charge on any atom is -0.427 e. The number of rotatable bonds is 2. The standard InChI is InChI=1S/C24H15BrO2S/c1-14(26)27-16-8-6-7-15(13-16)21-17-9-2-3-10-18(17)23(25)24-22(21)19-11-4-5-12-20(19)28-24/h2-13H,1H3. The molecule has 28 heavy (non-hydrogen) atoms. The first-order valence-electron chi connectivity index (χ1n) is 8.94. The molecule has 0 N–H and O–H groups in total. The second kappa shape index (κ2) is 6.73. The van der Waals surface area contributed by atoms with Gasteiger partial charge in [0.2, 0.25) is 0 Å². The van der Waals surface area contributed by atoms with Gasteiger partial charge in [-0.25, -0.2) is 0 Å². The van der Waals surface area contributed by atoms with Crippen molar-refractivity contribution >= 4 is 64.2 Å². The largest absolute Gasteiger partial charge is 0.427 e. The lowest BCUT2D eigenvalue weighted by Crippen LogP contribution is -2.01. The maximum absolute atomic E-state index is 11.4. The summed E-state index contributed by atoms with van der Waals surface area (Å²) in [4.78, 5) is 11.4. The molecule has 0 radical (unpaired) electrons. The van der Waals surface area contributed by atoms with E-state index in [2.05, 4.69) is 70.5 Å². The van der Waals surface area contributed by atoms with Crippen LogP contribution in [0.1, 0.15) is 6.92 Å². The molecule has 1 aromatic heterocycles. The highest BCUT2D eigenvalue weighted by Crippen LogP contribution is 2.48. The third-order valence-corrected chi connectivity index (χ3v) is 7.14. The predicted molar refractivity (Wildman–Crippen MR) is 121 cm³/mol. The van der Waals surface area contributed by atoms with Gasteiger partial charge < -0.3 is 4.74 Å². The highest BCUT2D eigenvalue weighted by molar-refractivity contribution is 9.11. The second-order valence-electron chi connectivity index (χ2n) is 6.66. The van der Waals surface area contributed by atoms with Gasteiger partial charge in [0.25, 0.3) is 0 Å². The van der Waals surface area contributed by atoms with Crippen LogP contribution in [0.2, 0.25) is 0 Å². The number of fused-ring (bicyclic) bond motifs is 4. The predicted octanol–water partition coefficient (Wildman–Crippen LogP) is 7.56. The Kier molecular flexibility index (Phi) is 4.18. The summed E-state index contributed by atoms with van der Waals surface area (Å²) in [6, 6.07) is 24.7. The molecule has 0 aliphatic carbocycles. The molecule has 0 amide bonds. The Labute approximate surface area is 174 Å². The van der Waals surface area contributed by atoms with E-state index in [1.165, 1.54) is 43.4 Å². The molecule has 136 valence electrons. The molecule has 0 saturated carbocycles. The molecule has 0 unspecified atom stereocenters. The van der Waals surface area contributed by atoms with Crippen molar-refractivity contribution in [3.05, 3.63) is 77.3 Å². The number of esters is 1. The number of carbonyl (C=O) groups excluding carboxylic acids is 1. The molecule has 0 aliphatic heterocycles. The molecule has 4 heteroatoms. The molecular formula is C24H15BrO2S.